The van der Waals surface area contributed by atoms with E-state index in [9.17, 15) is 10.2 Å². The molecule has 0 spiro atoms. The van der Waals surface area contributed by atoms with Crippen LogP contribution in [-0.4, -0.2) is 50.1 Å². The third kappa shape index (κ3) is 1.98. The monoisotopic (exact) mass is 390 g/mol. The van der Waals surface area contributed by atoms with Crippen LogP contribution in [0, 0.1) is 3.57 Å². The molecular weight excluding hydrogens is 375 g/mol. The second kappa shape index (κ2) is 5.10. The van der Waals surface area contributed by atoms with Gasteiger partial charge in [0, 0.05) is 16.8 Å². The fourth-order valence-electron chi connectivity index (χ4n) is 2.48. The minimum atomic E-state index is -0.982. The number of rotatable bonds is 2. The van der Waals surface area contributed by atoms with Gasteiger partial charge in [0.1, 0.15) is 30.0 Å². The van der Waals surface area contributed by atoms with E-state index in [1.807, 2.05) is 6.20 Å². The summed E-state index contributed by atoms with van der Waals surface area (Å²) in [6.07, 6.45) is 0.355. The molecular formula is C12H15IN4O3. The number of nitrogens with zero attached hydrogens (tertiary/aromatic N) is 3. The molecule has 3 N–H and O–H groups in total. The molecule has 0 aliphatic carbocycles. The van der Waals surface area contributed by atoms with E-state index in [1.54, 1.807) is 18.5 Å². The minimum absolute atomic E-state index is 0.421. The SMILES string of the molecule is CNc1ncnc2c1c(I)cn2[C@@H]1O[C@H](C)[C@@H](O)[C@H]1O. The number of aliphatic hydroxyl groups excluding tert-OH is 2. The van der Waals surface area contributed by atoms with Gasteiger partial charge in [-0.3, -0.25) is 0 Å². The number of hydrogen-bond donors (Lipinski definition) is 3. The maximum absolute atomic E-state index is 10.1. The highest BCUT2D eigenvalue weighted by Gasteiger charge is 2.42. The van der Waals surface area contributed by atoms with Crippen molar-refractivity contribution in [2.75, 3.05) is 12.4 Å². The zero-order valence-electron chi connectivity index (χ0n) is 11.0. The van der Waals surface area contributed by atoms with E-state index < -0.39 is 24.5 Å². The van der Waals surface area contributed by atoms with Crippen LogP contribution >= 0.6 is 22.6 Å². The highest BCUT2D eigenvalue weighted by atomic mass is 127. The maximum Gasteiger partial charge on any atom is 0.164 e. The number of aliphatic hydroxyl groups is 2. The van der Waals surface area contributed by atoms with Crippen LogP contribution in [0.25, 0.3) is 11.0 Å². The number of aromatic nitrogens is 3. The van der Waals surface area contributed by atoms with Crippen molar-refractivity contribution in [3.8, 4) is 0 Å². The molecule has 20 heavy (non-hydrogen) atoms. The van der Waals surface area contributed by atoms with Crippen molar-refractivity contribution >= 4 is 39.4 Å². The number of anilines is 1. The van der Waals surface area contributed by atoms with Crippen molar-refractivity contribution in [2.45, 2.75) is 31.5 Å². The Hall–Kier alpha value is -0.970. The van der Waals surface area contributed by atoms with E-state index in [2.05, 4.69) is 37.9 Å². The molecule has 0 bridgehead atoms. The van der Waals surface area contributed by atoms with Gasteiger partial charge in [0.05, 0.1) is 11.5 Å². The molecule has 2 aromatic heterocycles. The first kappa shape index (κ1) is 14.0. The Labute approximate surface area is 129 Å². The zero-order chi connectivity index (χ0) is 14.4. The minimum Gasteiger partial charge on any atom is -0.388 e. The van der Waals surface area contributed by atoms with Crippen LogP contribution in [0.4, 0.5) is 5.82 Å². The van der Waals surface area contributed by atoms with E-state index in [1.165, 1.54) is 6.33 Å². The Kier molecular flexibility index (Phi) is 3.56. The van der Waals surface area contributed by atoms with Gasteiger partial charge in [0.2, 0.25) is 0 Å². The molecule has 108 valence electrons. The van der Waals surface area contributed by atoms with Gasteiger partial charge >= 0.3 is 0 Å². The topological polar surface area (TPSA) is 92.4 Å². The number of ether oxygens (including phenoxy) is 1. The molecule has 3 heterocycles. The summed E-state index contributed by atoms with van der Waals surface area (Å²) in [4.78, 5) is 8.46. The van der Waals surface area contributed by atoms with Crippen LogP contribution in [0.3, 0.4) is 0 Å². The largest absolute Gasteiger partial charge is 0.388 e. The predicted molar refractivity (Wildman–Crippen MR) is 81.4 cm³/mol. The lowest BCUT2D eigenvalue weighted by Crippen LogP contribution is -2.30. The number of nitrogens with one attached hydrogen (secondary N) is 1. The lowest BCUT2D eigenvalue weighted by atomic mass is 10.1. The molecule has 1 aliphatic heterocycles. The summed E-state index contributed by atoms with van der Waals surface area (Å²) in [5.74, 6) is 0.722. The van der Waals surface area contributed by atoms with E-state index in [4.69, 9.17) is 4.74 Å². The maximum atomic E-state index is 10.1. The van der Waals surface area contributed by atoms with E-state index in [-0.39, 0.29) is 0 Å². The molecule has 4 atom stereocenters. The van der Waals surface area contributed by atoms with Crippen LogP contribution in [0.5, 0.6) is 0 Å². The number of fused-ring (bicyclic) bond motifs is 1. The van der Waals surface area contributed by atoms with Gasteiger partial charge in [0.25, 0.3) is 0 Å². The fraction of sp³-hybridized carbons (Fsp3) is 0.500. The van der Waals surface area contributed by atoms with Crippen molar-refractivity contribution in [3.05, 3.63) is 16.1 Å². The summed E-state index contributed by atoms with van der Waals surface area (Å²) in [6, 6.07) is 0. The smallest absolute Gasteiger partial charge is 0.164 e. The number of hydrogen-bond acceptors (Lipinski definition) is 6. The molecule has 0 aromatic carbocycles. The Morgan fingerprint density at radius 1 is 1.35 bits per heavy atom. The summed E-state index contributed by atoms with van der Waals surface area (Å²) in [5, 5.41) is 23.9. The average Bonchev–Trinajstić information content (AvgIpc) is 2.91. The summed E-state index contributed by atoms with van der Waals surface area (Å²) in [7, 11) is 1.79. The quantitative estimate of drug-likeness (QED) is 0.655. The van der Waals surface area contributed by atoms with Crippen LogP contribution in [-0.2, 0) is 4.74 Å². The van der Waals surface area contributed by atoms with Gasteiger partial charge in [-0.2, -0.15) is 0 Å². The predicted octanol–water partition coefficient (Wildman–Crippen LogP) is 0.717. The van der Waals surface area contributed by atoms with Gasteiger partial charge in [-0.15, -0.1) is 0 Å². The van der Waals surface area contributed by atoms with E-state index >= 15 is 0 Å². The van der Waals surface area contributed by atoms with Crippen molar-refractivity contribution in [1.82, 2.24) is 14.5 Å². The first-order chi connectivity index (χ1) is 9.54. The second-order valence-corrected chi connectivity index (χ2v) is 5.93. The molecule has 0 radical (unpaired) electrons. The van der Waals surface area contributed by atoms with Gasteiger partial charge in [-0.25, -0.2) is 9.97 Å². The van der Waals surface area contributed by atoms with Crippen LogP contribution in [0.15, 0.2) is 12.5 Å². The fourth-order valence-corrected chi connectivity index (χ4v) is 3.28. The van der Waals surface area contributed by atoms with Gasteiger partial charge < -0.3 is 24.8 Å². The highest BCUT2D eigenvalue weighted by Crippen LogP contribution is 2.35. The van der Waals surface area contributed by atoms with Crippen LogP contribution in [0.2, 0.25) is 0 Å². The van der Waals surface area contributed by atoms with Gasteiger partial charge in [0.15, 0.2) is 6.23 Å². The molecule has 0 unspecified atom stereocenters. The Morgan fingerprint density at radius 2 is 2.10 bits per heavy atom. The number of halogens is 1. The lowest BCUT2D eigenvalue weighted by molar-refractivity contribution is -0.0297. The summed E-state index contributed by atoms with van der Waals surface area (Å²) in [6.45, 7) is 1.73. The molecule has 7 nitrogen and oxygen atoms in total. The lowest BCUT2D eigenvalue weighted by Gasteiger charge is -2.17. The molecule has 0 saturated carbocycles. The van der Waals surface area contributed by atoms with Gasteiger partial charge in [-0.05, 0) is 29.5 Å². The molecule has 2 aromatic rings. The zero-order valence-corrected chi connectivity index (χ0v) is 13.1. The molecule has 8 heteroatoms. The van der Waals surface area contributed by atoms with Crippen molar-refractivity contribution < 1.29 is 14.9 Å². The summed E-state index contributed by atoms with van der Waals surface area (Å²) < 4.78 is 8.34. The van der Waals surface area contributed by atoms with E-state index in [0.717, 1.165) is 14.8 Å². The van der Waals surface area contributed by atoms with Crippen molar-refractivity contribution in [3.63, 3.8) is 0 Å². The Balaban J connectivity index is 2.14. The average molecular weight is 390 g/mol. The van der Waals surface area contributed by atoms with Crippen molar-refractivity contribution in [2.24, 2.45) is 0 Å². The summed E-state index contributed by atoms with van der Waals surface area (Å²) in [5.41, 5.74) is 0.666. The van der Waals surface area contributed by atoms with Crippen LogP contribution in [0.1, 0.15) is 13.2 Å². The molecule has 1 fully saturated rings. The standard InChI is InChI=1S/C12H15IN4O3/c1-5-8(18)9(19)12(20-5)17-3-6(13)7-10(14-2)15-4-16-11(7)17/h3-5,8-9,12,18-19H,1-2H3,(H,14,15,16)/t5-,8-,9-,12-/m1/s1. The Bertz CT molecular complexity index is 647. The Morgan fingerprint density at radius 3 is 2.70 bits per heavy atom. The molecule has 0 amide bonds. The first-order valence-corrected chi connectivity index (χ1v) is 7.33. The second-order valence-electron chi connectivity index (χ2n) is 4.77. The van der Waals surface area contributed by atoms with E-state index in [0.29, 0.717) is 5.65 Å². The third-order valence-electron chi connectivity index (χ3n) is 3.55. The normalized spacial score (nSPS) is 30.1. The molecule has 3 rings (SSSR count). The van der Waals surface area contributed by atoms with Gasteiger partial charge in [-0.1, -0.05) is 0 Å². The summed E-state index contributed by atoms with van der Waals surface area (Å²) >= 11 is 2.19. The first-order valence-electron chi connectivity index (χ1n) is 6.25. The third-order valence-corrected chi connectivity index (χ3v) is 4.37. The van der Waals surface area contributed by atoms with Crippen molar-refractivity contribution in [1.29, 1.82) is 0 Å². The van der Waals surface area contributed by atoms with Crippen LogP contribution < -0.4 is 5.32 Å². The highest BCUT2D eigenvalue weighted by molar-refractivity contribution is 14.1. The molecule has 1 saturated heterocycles. The molecule has 1 aliphatic rings.